The topological polar surface area (TPSA) is 152 Å². The molecule has 0 fully saturated rings. The molecule has 0 unspecified atom stereocenters. The summed E-state index contributed by atoms with van der Waals surface area (Å²) in [4.78, 5) is 11.9. The summed E-state index contributed by atoms with van der Waals surface area (Å²) in [5.74, 6) is -1.92. The molecular weight excluding hydrogens is 530 g/mol. The SMILES string of the molecule is COc1ncc(-c2ccc(O)c(Nc3ncnc4ccc(N)cc34)c2)cc1NS(=O)(=O)c1ccc(F)cc1F. The van der Waals surface area contributed by atoms with E-state index in [9.17, 15) is 22.3 Å². The fraction of sp³-hybridized carbons (Fsp3) is 0.0385. The van der Waals surface area contributed by atoms with Crippen molar-refractivity contribution in [1.82, 2.24) is 15.0 Å². The molecule has 0 amide bonds. The smallest absolute Gasteiger partial charge is 0.264 e. The summed E-state index contributed by atoms with van der Waals surface area (Å²) < 4.78 is 60.6. The number of anilines is 4. The van der Waals surface area contributed by atoms with Crippen molar-refractivity contribution in [2.45, 2.75) is 4.90 Å². The number of hydrogen-bond donors (Lipinski definition) is 4. The Kier molecular flexibility index (Phi) is 6.58. The van der Waals surface area contributed by atoms with Gasteiger partial charge in [-0.1, -0.05) is 6.07 Å². The van der Waals surface area contributed by atoms with Crippen LogP contribution in [-0.2, 0) is 10.0 Å². The van der Waals surface area contributed by atoms with E-state index in [0.717, 1.165) is 12.1 Å². The number of benzene rings is 3. The Hall–Kier alpha value is -5.04. The zero-order chi connectivity index (χ0) is 27.7. The third-order valence-corrected chi connectivity index (χ3v) is 7.11. The van der Waals surface area contributed by atoms with Crippen LogP contribution in [0.5, 0.6) is 11.6 Å². The van der Waals surface area contributed by atoms with Gasteiger partial charge in [0, 0.05) is 28.9 Å². The van der Waals surface area contributed by atoms with Crippen LogP contribution < -0.4 is 20.5 Å². The van der Waals surface area contributed by atoms with Crippen molar-refractivity contribution in [1.29, 1.82) is 0 Å². The van der Waals surface area contributed by atoms with Crippen LogP contribution in [0.15, 0.2) is 78.1 Å². The molecule has 0 aliphatic rings. The van der Waals surface area contributed by atoms with Crippen molar-refractivity contribution in [3.05, 3.63) is 84.8 Å². The van der Waals surface area contributed by atoms with Crippen LogP contribution in [-0.4, -0.2) is 35.6 Å². The van der Waals surface area contributed by atoms with E-state index >= 15 is 0 Å². The number of nitrogen functional groups attached to an aromatic ring is 1. The van der Waals surface area contributed by atoms with E-state index < -0.39 is 26.6 Å². The number of nitrogens with two attached hydrogens (primary N) is 1. The highest BCUT2D eigenvalue weighted by Gasteiger charge is 2.22. The molecule has 13 heteroatoms. The molecule has 0 atom stereocenters. The summed E-state index contributed by atoms with van der Waals surface area (Å²) in [5, 5.41) is 14.2. The molecule has 5 rings (SSSR count). The Morgan fingerprint density at radius 3 is 2.49 bits per heavy atom. The third-order valence-electron chi connectivity index (χ3n) is 5.71. The van der Waals surface area contributed by atoms with Crippen molar-refractivity contribution < 1.29 is 27.0 Å². The summed E-state index contributed by atoms with van der Waals surface area (Å²) in [7, 11) is -3.17. The number of fused-ring (bicyclic) bond motifs is 1. The van der Waals surface area contributed by atoms with Crippen LogP contribution in [0, 0.1) is 11.6 Å². The van der Waals surface area contributed by atoms with Crippen LogP contribution in [0.1, 0.15) is 0 Å². The fourth-order valence-electron chi connectivity index (χ4n) is 3.86. The Bertz CT molecular complexity index is 1840. The lowest BCUT2D eigenvalue weighted by molar-refractivity contribution is 0.400. The number of ether oxygens (including phenoxy) is 1. The number of phenolic OH excluding ortho intramolecular Hbond substituents is 1. The van der Waals surface area contributed by atoms with Gasteiger partial charge in [-0.3, -0.25) is 4.72 Å². The number of pyridine rings is 1. The van der Waals surface area contributed by atoms with Crippen molar-refractivity contribution in [2.24, 2.45) is 0 Å². The highest BCUT2D eigenvalue weighted by Crippen LogP contribution is 2.36. The number of aromatic nitrogens is 3. The number of phenols is 1. The first-order valence-electron chi connectivity index (χ1n) is 11.3. The lowest BCUT2D eigenvalue weighted by Crippen LogP contribution is -2.15. The number of rotatable bonds is 7. The Morgan fingerprint density at radius 1 is 0.923 bits per heavy atom. The zero-order valence-electron chi connectivity index (χ0n) is 20.2. The Labute approximate surface area is 221 Å². The van der Waals surface area contributed by atoms with Gasteiger partial charge in [0.25, 0.3) is 10.0 Å². The molecule has 5 aromatic rings. The molecular formula is C26H20F2N6O4S. The first-order chi connectivity index (χ1) is 18.6. The maximum absolute atomic E-state index is 14.2. The van der Waals surface area contributed by atoms with Gasteiger partial charge in [0.05, 0.1) is 18.3 Å². The quantitative estimate of drug-likeness (QED) is 0.165. The lowest BCUT2D eigenvalue weighted by Gasteiger charge is -2.14. The van der Waals surface area contributed by atoms with Gasteiger partial charge in [-0.2, -0.15) is 0 Å². The summed E-state index contributed by atoms with van der Waals surface area (Å²) in [6, 6.07) is 13.4. The first kappa shape index (κ1) is 25.6. The highest BCUT2D eigenvalue weighted by atomic mass is 32.2. The van der Waals surface area contributed by atoms with Crippen LogP contribution in [0.25, 0.3) is 22.0 Å². The number of nitrogens with zero attached hydrogens (tertiary/aromatic N) is 3. The van der Waals surface area contributed by atoms with E-state index in [1.165, 1.54) is 31.8 Å². The lowest BCUT2D eigenvalue weighted by atomic mass is 10.1. The molecule has 0 saturated heterocycles. The van der Waals surface area contributed by atoms with Gasteiger partial charge in [-0.25, -0.2) is 32.2 Å². The highest BCUT2D eigenvalue weighted by molar-refractivity contribution is 7.92. The van der Waals surface area contributed by atoms with Crippen molar-refractivity contribution in [3.8, 4) is 22.8 Å². The summed E-state index contributed by atoms with van der Waals surface area (Å²) >= 11 is 0. The second-order valence-electron chi connectivity index (χ2n) is 8.32. The fourth-order valence-corrected chi connectivity index (χ4v) is 4.96. The van der Waals surface area contributed by atoms with Crippen LogP contribution in [0.4, 0.5) is 31.7 Å². The van der Waals surface area contributed by atoms with Crippen LogP contribution in [0.3, 0.4) is 0 Å². The van der Waals surface area contributed by atoms with Gasteiger partial charge < -0.3 is 20.9 Å². The third kappa shape index (κ3) is 5.20. The first-order valence-corrected chi connectivity index (χ1v) is 12.8. The normalized spacial score (nSPS) is 11.4. The molecule has 5 N–H and O–H groups in total. The molecule has 39 heavy (non-hydrogen) atoms. The van der Waals surface area contributed by atoms with Gasteiger partial charge in [0.1, 0.15) is 40.1 Å². The number of nitrogens with one attached hydrogen (secondary N) is 2. The van der Waals surface area contributed by atoms with Crippen LogP contribution >= 0.6 is 0 Å². The van der Waals surface area contributed by atoms with Crippen molar-refractivity contribution in [3.63, 3.8) is 0 Å². The molecule has 0 saturated carbocycles. The van der Waals surface area contributed by atoms with E-state index in [1.807, 2.05) is 0 Å². The molecule has 2 heterocycles. The van der Waals surface area contributed by atoms with Crippen LogP contribution in [0.2, 0.25) is 0 Å². The van der Waals surface area contributed by atoms with E-state index in [0.29, 0.717) is 45.3 Å². The molecule has 0 aliphatic heterocycles. The van der Waals surface area contributed by atoms with E-state index in [4.69, 9.17) is 10.5 Å². The number of hydrogen-bond acceptors (Lipinski definition) is 9. The maximum atomic E-state index is 14.2. The number of methoxy groups -OCH3 is 1. The number of sulfonamides is 1. The molecule has 0 radical (unpaired) electrons. The van der Waals surface area contributed by atoms with Gasteiger partial charge in [-0.15, -0.1) is 0 Å². The monoisotopic (exact) mass is 550 g/mol. The van der Waals surface area contributed by atoms with Gasteiger partial charge >= 0.3 is 0 Å². The second kappa shape index (κ2) is 10.0. The van der Waals surface area contributed by atoms with Gasteiger partial charge in [-0.05, 0) is 54.1 Å². The minimum Gasteiger partial charge on any atom is -0.506 e. The predicted molar refractivity (Wildman–Crippen MR) is 142 cm³/mol. The number of halogens is 2. The summed E-state index contributed by atoms with van der Waals surface area (Å²) in [6.07, 6.45) is 2.81. The van der Waals surface area contributed by atoms with E-state index in [1.54, 1.807) is 30.3 Å². The molecule has 3 aromatic carbocycles. The molecule has 2 aromatic heterocycles. The van der Waals surface area contributed by atoms with E-state index in [-0.39, 0.29) is 17.3 Å². The zero-order valence-corrected chi connectivity index (χ0v) is 21.0. The molecule has 10 nitrogen and oxygen atoms in total. The van der Waals surface area contributed by atoms with E-state index in [2.05, 4.69) is 25.0 Å². The van der Waals surface area contributed by atoms with Crippen molar-refractivity contribution in [2.75, 3.05) is 22.9 Å². The maximum Gasteiger partial charge on any atom is 0.264 e. The minimum absolute atomic E-state index is 0.0768. The molecule has 0 aliphatic carbocycles. The molecule has 0 bridgehead atoms. The summed E-state index contributed by atoms with van der Waals surface area (Å²) in [6.45, 7) is 0. The van der Waals surface area contributed by atoms with Crippen molar-refractivity contribution >= 4 is 43.8 Å². The predicted octanol–water partition coefficient (Wildman–Crippen LogP) is 4.81. The summed E-state index contributed by atoms with van der Waals surface area (Å²) in [5.41, 5.74) is 8.26. The molecule has 198 valence electrons. The number of aromatic hydroxyl groups is 1. The average Bonchev–Trinajstić information content (AvgIpc) is 2.89. The Morgan fingerprint density at radius 2 is 1.72 bits per heavy atom. The second-order valence-corrected chi connectivity index (χ2v) is 9.97. The minimum atomic E-state index is -4.46. The molecule has 0 spiro atoms. The average molecular weight is 551 g/mol. The largest absolute Gasteiger partial charge is 0.506 e. The van der Waals surface area contributed by atoms with Gasteiger partial charge in [0.15, 0.2) is 0 Å². The standard InChI is InChI=1S/C26H20F2N6O4S/c1-38-26-22(34-39(36,37)24-7-3-16(27)10-19(24)28)9-15(12-30-26)14-2-6-23(35)21(8-14)33-25-18-11-17(29)4-5-20(18)31-13-32-25/h2-13,34-35H,29H2,1H3,(H,31,32,33). The van der Waals surface area contributed by atoms with Gasteiger partial charge in [0.2, 0.25) is 5.88 Å². The Balaban J connectivity index is 1.51.